The van der Waals surface area contributed by atoms with Crippen LogP contribution >= 0.6 is 0 Å². The van der Waals surface area contributed by atoms with Crippen LogP contribution in [0.5, 0.6) is 0 Å². The molecule has 0 saturated heterocycles. The molecule has 3 heteroatoms. The molecule has 0 amide bonds. The summed E-state index contributed by atoms with van der Waals surface area (Å²) in [6, 6.07) is 0. The third-order valence-corrected chi connectivity index (χ3v) is 1.07. The van der Waals surface area contributed by atoms with Gasteiger partial charge in [-0.15, -0.1) is 0 Å². The van der Waals surface area contributed by atoms with Crippen molar-refractivity contribution >= 4 is 5.84 Å². The Morgan fingerprint density at radius 1 is 1.70 bits per heavy atom. The van der Waals surface area contributed by atoms with Crippen LogP contribution in [0.15, 0.2) is 24.1 Å². The number of nitrogens with zero attached hydrogens (tertiary/aromatic N) is 1. The quantitative estimate of drug-likeness (QED) is 0.606. The molecule has 0 saturated carbocycles. The first kappa shape index (κ1) is 6.86. The van der Waals surface area contributed by atoms with E-state index in [1.165, 1.54) is 0 Å². The smallest absolute Gasteiger partial charge is 0.187 e. The van der Waals surface area contributed by atoms with Gasteiger partial charge < -0.3 is 4.74 Å². The van der Waals surface area contributed by atoms with Crippen LogP contribution in [0.2, 0.25) is 0 Å². The zero-order valence-electron chi connectivity index (χ0n) is 5.79. The molecule has 0 fully saturated rings. The summed E-state index contributed by atoms with van der Waals surface area (Å²) < 4.78 is 5.09. The lowest BCUT2D eigenvalue weighted by Crippen LogP contribution is -2.16. The monoisotopic (exact) mass is 137 g/mol. The first-order chi connectivity index (χ1) is 4.84. The maximum absolute atomic E-state index is 7.24. The highest BCUT2D eigenvalue weighted by atomic mass is 16.5. The molecule has 53 valence electrons. The third-order valence-electron chi connectivity index (χ3n) is 1.07. The van der Waals surface area contributed by atoms with Crippen molar-refractivity contribution in [3.05, 3.63) is 24.1 Å². The van der Waals surface area contributed by atoms with Crippen LogP contribution in [0.4, 0.5) is 0 Å². The summed E-state index contributed by atoms with van der Waals surface area (Å²) in [6.45, 7) is 2.46. The van der Waals surface area contributed by atoms with Crippen LogP contribution < -0.4 is 5.32 Å². The average Bonchev–Trinajstić information content (AvgIpc) is 1.94. The van der Waals surface area contributed by atoms with Crippen LogP contribution in [0, 0.1) is 5.41 Å². The Hall–Kier alpha value is -1.25. The largest absolute Gasteiger partial charge is 0.490 e. The molecule has 1 N–H and O–H groups in total. The highest BCUT2D eigenvalue weighted by molar-refractivity contribution is 5.95. The number of amidine groups is 1. The molecule has 0 atom stereocenters. The highest BCUT2D eigenvalue weighted by Crippen LogP contribution is 2.02. The zero-order chi connectivity index (χ0) is 7.40. The molecule has 3 nitrogen and oxygen atoms in total. The molecule has 10 heavy (non-hydrogen) atoms. The molecule has 0 aromatic heterocycles. The summed E-state index contributed by atoms with van der Waals surface area (Å²) in [4.78, 5) is 0. The number of hydrogen-bond acceptors (Lipinski definition) is 2. The van der Waals surface area contributed by atoms with Gasteiger partial charge in [-0.25, -0.2) is 5.32 Å². The number of rotatable bonds is 2. The fourth-order valence-corrected chi connectivity index (χ4v) is 0.663. The van der Waals surface area contributed by atoms with Crippen molar-refractivity contribution in [2.75, 3.05) is 6.61 Å². The molecule has 1 radical (unpaired) electrons. The molecule has 0 aromatic carbocycles. The first-order valence-electron chi connectivity index (χ1n) is 3.14. The van der Waals surface area contributed by atoms with E-state index >= 15 is 0 Å². The summed E-state index contributed by atoms with van der Waals surface area (Å²) in [5.74, 6) is 0.745. The van der Waals surface area contributed by atoms with Gasteiger partial charge in [-0.1, -0.05) is 0 Å². The molecule has 0 unspecified atom stereocenters. The topological polar surface area (TPSA) is 47.2 Å². The van der Waals surface area contributed by atoms with E-state index in [2.05, 4.69) is 5.32 Å². The van der Waals surface area contributed by atoms with Gasteiger partial charge in [-0.05, 0) is 19.1 Å². The van der Waals surface area contributed by atoms with Crippen molar-refractivity contribution in [1.29, 1.82) is 5.41 Å². The van der Waals surface area contributed by atoms with Crippen molar-refractivity contribution in [1.82, 2.24) is 5.32 Å². The Bertz CT molecular complexity index is 194. The molecule has 0 bridgehead atoms. The van der Waals surface area contributed by atoms with Gasteiger partial charge in [0.1, 0.15) is 0 Å². The lowest BCUT2D eigenvalue weighted by Gasteiger charge is -2.09. The SMILES string of the molecule is CCOC1=CC=C[N]C1=N. The van der Waals surface area contributed by atoms with Crippen molar-refractivity contribution in [3.8, 4) is 0 Å². The van der Waals surface area contributed by atoms with Crippen LogP contribution in [0.25, 0.3) is 0 Å². The highest BCUT2D eigenvalue weighted by Gasteiger charge is 2.06. The zero-order valence-corrected chi connectivity index (χ0v) is 5.79. The van der Waals surface area contributed by atoms with Crippen molar-refractivity contribution < 1.29 is 4.74 Å². The molecular weight excluding hydrogens is 128 g/mol. The van der Waals surface area contributed by atoms with Gasteiger partial charge in [0.2, 0.25) is 0 Å². The maximum Gasteiger partial charge on any atom is 0.187 e. The molecule has 0 aliphatic carbocycles. The normalized spacial score (nSPS) is 16.1. The third kappa shape index (κ3) is 1.37. The fraction of sp³-hybridized carbons (Fsp3) is 0.286. The number of ether oxygens (including phenoxy) is 1. The second kappa shape index (κ2) is 3.06. The second-order valence-electron chi connectivity index (χ2n) is 1.78. The molecule has 1 aliphatic rings. The van der Waals surface area contributed by atoms with Gasteiger partial charge >= 0.3 is 0 Å². The van der Waals surface area contributed by atoms with E-state index in [-0.39, 0.29) is 5.84 Å². The van der Waals surface area contributed by atoms with E-state index in [1.54, 1.807) is 18.4 Å². The lowest BCUT2D eigenvalue weighted by atomic mass is 10.3. The minimum Gasteiger partial charge on any atom is -0.490 e. The van der Waals surface area contributed by atoms with E-state index < -0.39 is 0 Å². The Morgan fingerprint density at radius 2 is 2.50 bits per heavy atom. The van der Waals surface area contributed by atoms with Gasteiger partial charge in [0.25, 0.3) is 0 Å². The summed E-state index contributed by atoms with van der Waals surface area (Å²) in [5.41, 5.74) is 0. The first-order valence-corrected chi connectivity index (χ1v) is 3.14. The van der Waals surface area contributed by atoms with Gasteiger partial charge in [0.05, 0.1) is 6.61 Å². The standard InChI is InChI=1S/C7H9N2O/c1-2-10-6-4-3-5-9-7(6)8/h3-5,8H,2H2,1H3. The molecule has 0 aromatic rings. The van der Waals surface area contributed by atoms with E-state index in [0.29, 0.717) is 12.4 Å². The van der Waals surface area contributed by atoms with Crippen molar-refractivity contribution in [3.63, 3.8) is 0 Å². The van der Waals surface area contributed by atoms with Crippen LogP contribution in [0.3, 0.4) is 0 Å². The number of nitrogens with one attached hydrogen (secondary N) is 1. The Kier molecular flexibility index (Phi) is 2.10. The Balaban J connectivity index is 2.61. The van der Waals surface area contributed by atoms with E-state index in [4.69, 9.17) is 10.1 Å². The van der Waals surface area contributed by atoms with Crippen molar-refractivity contribution in [2.45, 2.75) is 6.92 Å². The fourth-order valence-electron chi connectivity index (χ4n) is 0.663. The Labute approximate surface area is 59.9 Å². The minimum absolute atomic E-state index is 0.198. The van der Waals surface area contributed by atoms with Crippen molar-refractivity contribution in [2.24, 2.45) is 0 Å². The molecular formula is C7H9N2O. The predicted octanol–water partition coefficient (Wildman–Crippen LogP) is 1.02. The van der Waals surface area contributed by atoms with E-state index in [9.17, 15) is 0 Å². The Morgan fingerprint density at radius 3 is 3.10 bits per heavy atom. The molecule has 0 spiro atoms. The molecule has 1 aliphatic heterocycles. The predicted molar refractivity (Wildman–Crippen MR) is 38.7 cm³/mol. The summed E-state index contributed by atoms with van der Waals surface area (Å²) in [6.07, 6.45) is 5.06. The second-order valence-corrected chi connectivity index (χ2v) is 1.78. The van der Waals surface area contributed by atoms with Gasteiger partial charge in [0.15, 0.2) is 11.6 Å². The van der Waals surface area contributed by atoms with E-state index in [0.717, 1.165) is 0 Å². The summed E-state index contributed by atoms with van der Waals surface area (Å²) in [5, 5.41) is 11.0. The lowest BCUT2D eigenvalue weighted by molar-refractivity contribution is 0.247. The minimum atomic E-state index is 0.198. The number of allylic oxidation sites excluding steroid dienone is 2. The van der Waals surface area contributed by atoms with Crippen LogP contribution in [-0.4, -0.2) is 12.4 Å². The van der Waals surface area contributed by atoms with Gasteiger partial charge in [-0.2, -0.15) is 0 Å². The van der Waals surface area contributed by atoms with Gasteiger partial charge in [0, 0.05) is 6.20 Å². The molecule has 1 heterocycles. The van der Waals surface area contributed by atoms with Crippen LogP contribution in [0.1, 0.15) is 6.92 Å². The summed E-state index contributed by atoms with van der Waals surface area (Å²) >= 11 is 0. The van der Waals surface area contributed by atoms with E-state index in [1.807, 2.05) is 6.92 Å². The summed E-state index contributed by atoms with van der Waals surface area (Å²) in [7, 11) is 0. The number of hydrogen-bond donors (Lipinski definition) is 1. The molecule has 1 rings (SSSR count). The van der Waals surface area contributed by atoms with Crippen LogP contribution in [-0.2, 0) is 4.74 Å². The average molecular weight is 137 g/mol. The maximum atomic E-state index is 7.24. The van der Waals surface area contributed by atoms with Gasteiger partial charge in [-0.3, -0.25) is 5.41 Å².